The molecule has 6 heteroatoms. The highest BCUT2D eigenvalue weighted by Gasteiger charge is 2.11. The number of hydrogen-bond acceptors (Lipinski definition) is 4. The Labute approximate surface area is 108 Å². The Morgan fingerprint density at radius 2 is 2.00 bits per heavy atom. The van der Waals surface area contributed by atoms with E-state index in [0.29, 0.717) is 19.6 Å². The van der Waals surface area contributed by atoms with Crippen molar-refractivity contribution < 1.29 is 13.2 Å². The topological polar surface area (TPSA) is 81.4 Å². The quantitative estimate of drug-likeness (QED) is 0.721. The summed E-state index contributed by atoms with van der Waals surface area (Å²) in [6.07, 6.45) is 0.557. The average molecular weight is 272 g/mol. The highest BCUT2D eigenvalue weighted by molar-refractivity contribution is 7.88. The van der Waals surface area contributed by atoms with Crippen LogP contribution in [0.2, 0.25) is 0 Å². The van der Waals surface area contributed by atoms with Crippen LogP contribution < -0.4 is 10.5 Å². The van der Waals surface area contributed by atoms with E-state index in [1.54, 1.807) is 19.2 Å². The van der Waals surface area contributed by atoms with Crippen LogP contribution in [0.5, 0.6) is 0 Å². The number of methoxy groups -OCH3 is 1. The van der Waals surface area contributed by atoms with Crippen LogP contribution in [-0.2, 0) is 20.5 Å². The summed E-state index contributed by atoms with van der Waals surface area (Å²) >= 11 is 0. The Hall–Kier alpha value is -0.950. The summed E-state index contributed by atoms with van der Waals surface area (Å²) in [5.74, 6) is -0.00659. The van der Waals surface area contributed by atoms with E-state index in [9.17, 15) is 8.42 Å². The van der Waals surface area contributed by atoms with E-state index in [2.05, 4.69) is 4.72 Å². The van der Waals surface area contributed by atoms with Gasteiger partial charge in [0.25, 0.3) is 0 Å². The van der Waals surface area contributed by atoms with E-state index in [4.69, 9.17) is 10.5 Å². The summed E-state index contributed by atoms with van der Waals surface area (Å²) in [4.78, 5) is 0. The monoisotopic (exact) mass is 272 g/mol. The Morgan fingerprint density at radius 1 is 1.33 bits per heavy atom. The second kappa shape index (κ2) is 7.48. The second-order valence-corrected chi connectivity index (χ2v) is 5.95. The SMILES string of the molecule is COCC(N)CCNS(=O)(=O)Cc1ccccc1. The number of nitrogens with two attached hydrogens (primary N) is 1. The molecule has 3 N–H and O–H groups in total. The maximum absolute atomic E-state index is 11.8. The Kier molecular flexibility index (Phi) is 6.28. The lowest BCUT2D eigenvalue weighted by molar-refractivity contribution is 0.177. The van der Waals surface area contributed by atoms with Crippen molar-refractivity contribution in [3.63, 3.8) is 0 Å². The lowest BCUT2D eigenvalue weighted by atomic mass is 10.2. The lowest BCUT2D eigenvalue weighted by Gasteiger charge is -2.11. The smallest absolute Gasteiger partial charge is 0.215 e. The summed E-state index contributed by atoms with van der Waals surface area (Å²) in [6, 6.07) is 8.92. The average Bonchev–Trinajstić information content (AvgIpc) is 2.29. The Morgan fingerprint density at radius 3 is 2.61 bits per heavy atom. The standard InChI is InChI=1S/C12H20N2O3S/c1-17-9-12(13)7-8-14-18(15,16)10-11-5-3-2-4-6-11/h2-6,12,14H,7-10,13H2,1H3. The third-order valence-corrected chi connectivity index (χ3v) is 3.77. The molecule has 0 spiro atoms. The summed E-state index contributed by atoms with van der Waals surface area (Å²) in [5, 5.41) is 0. The van der Waals surface area contributed by atoms with E-state index < -0.39 is 10.0 Å². The zero-order valence-electron chi connectivity index (χ0n) is 10.5. The third-order valence-electron chi connectivity index (χ3n) is 2.42. The van der Waals surface area contributed by atoms with Crippen molar-refractivity contribution in [1.29, 1.82) is 0 Å². The van der Waals surface area contributed by atoms with Gasteiger partial charge in [-0.15, -0.1) is 0 Å². The molecule has 5 nitrogen and oxygen atoms in total. The van der Waals surface area contributed by atoms with Gasteiger partial charge in [0.2, 0.25) is 10.0 Å². The van der Waals surface area contributed by atoms with Crippen LogP contribution in [0.15, 0.2) is 30.3 Å². The highest BCUT2D eigenvalue weighted by atomic mass is 32.2. The normalized spacial score (nSPS) is 13.4. The molecular weight excluding hydrogens is 252 g/mol. The molecular formula is C12H20N2O3S. The fourth-order valence-corrected chi connectivity index (χ4v) is 2.70. The summed E-state index contributed by atoms with van der Waals surface area (Å²) in [7, 11) is -1.72. The molecule has 0 aliphatic rings. The zero-order chi connectivity index (χ0) is 13.4. The van der Waals surface area contributed by atoms with E-state index in [-0.39, 0.29) is 11.8 Å². The molecule has 1 unspecified atom stereocenters. The summed E-state index contributed by atoms with van der Waals surface area (Å²) < 4.78 is 30.9. The first-order valence-electron chi connectivity index (χ1n) is 5.79. The van der Waals surface area contributed by atoms with Gasteiger partial charge in [-0.1, -0.05) is 30.3 Å². The third kappa shape index (κ3) is 6.11. The second-order valence-electron chi connectivity index (χ2n) is 4.14. The molecule has 1 rings (SSSR count). The van der Waals surface area contributed by atoms with Gasteiger partial charge >= 0.3 is 0 Å². The Bertz CT molecular complexity index is 434. The van der Waals surface area contributed by atoms with Gasteiger partial charge < -0.3 is 10.5 Å². The molecule has 0 bridgehead atoms. The van der Waals surface area contributed by atoms with Gasteiger partial charge in [-0.2, -0.15) is 0 Å². The minimum atomic E-state index is -3.29. The zero-order valence-corrected chi connectivity index (χ0v) is 11.3. The Balaban J connectivity index is 2.37. The molecule has 1 aromatic carbocycles. The van der Waals surface area contributed by atoms with Crippen molar-refractivity contribution in [3.8, 4) is 0 Å². The van der Waals surface area contributed by atoms with Crippen molar-refractivity contribution >= 4 is 10.0 Å². The lowest BCUT2D eigenvalue weighted by Crippen LogP contribution is -2.33. The maximum atomic E-state index is 11.8. The largest absolute Gasteiger partial charge is 0.383 e. The summed E-state index contributed by atoms with van der Waals surface area (Å²) in [5.41, 5.74) is 6.48. The molecule has 0 aliphatic heterocycles. The molecule has 1 aromatic rings. The van der Waals surface area contributed by atoms with E-state index >= 15 is 0 Å². The number of hydrogen-bond donors (Lipinski definition) is 2. The van der Waals surface area contributed by atoms with Crippen molar-refractivity contribution in [3.05, 3.63) is 35.9 Å². The molecule has 0 radical (unpaired) electrons. The minimum Gasteiger partial charge on any atom is -0.383 e. The molecule has 0 aromatic heterocycles. The maximum Gasteiger partial charge on any atom is 0.215 e. The molecule has 0 saturated carbocycles. The first-order chi connectivity index (χ1) is 8.53. The van der Waals surface area contributed by atoms with Crippen molar-refractivity contribution in [2.75, 3.05) is 20.3 Å². The first-order valence-corrected chi connectivity index (χ1v) is 7.44. The molecule has 1 atom stereocenters. The molecule has 0 fully saturated rings. The fourth-order valence-electron chi connectivity index (χ4n) is 1.54. The number of rotatable bonds is 8. The van der Waals surface area contributed by atoms with Crippen molar-refractivity contribution in [2.45, 2.75) is 18.2 Å². The van der Waals surface area contributed by atoms with Crippen LogP contribution in [0.4, 0.5) is 0 Å². The van der Waals surface area contributed by atoms with Gasteiger partial charge in [0.15, 0.2) is 0 Å². The van der Waals surface area contributed by atoms with Gasteiger partial charge in [0.1, 0.15) is 0 Å². The van der Waals surface area contributed by atoms with Crippen molar-refractivity contribution in [2.24, 2.45) is 5.73 Å². The van der Waals surface area contributed by atoms with Crippen LogP contribution in [0.1, 0.15) is 12.0 Å². The van der Waals surface area contributed by atoms with Crippen LogP contribution in [-0.4, -0.2) is 34.7 Å². The van der Waals surface area contributed by atoms with Crippen molar-refractivity contribution in [1.82, 2.24) is 4.72 Å². The van der Waals surface area contributed by atoms with Gasteiger partial charge in [0, 0.05) is 19.7 Å². The predicted molar refractivity (Wildman–Crippen MR) is 71.5 cm³/mol. The molecule has 0 saturated heterocycles. The molecule has 102 valence electrons. The highest BCUT2D eigenvalue weighted by Crippen LogP contribution is 2.03. The van der Waals surface area contributed by atoms with E-state index in [0.717, 1.165) is 5.56 Å². The number of nitrogens with one attached hydrogen (secondary N) is 1. The number of sulfonamides is 1. The predicted octanol–water partition coefficient (Wildman–Crippen LogP) is 0.470. The molecule has 0 amide bonds. The molecule has 0 aliphatic carbocycles. The summed E-state index contributed by atoms with van der Waals surface area (Å²) in [6.45, 7) is 0.764. The fraction of sp³-hybridized carbons (Fsp3) is 0.500. The van der Waals surface area contributed by atoms with Gasteiger partial charge in [-0.25, -0.2) is 13.1 Å². The minimum absolute atomic E-state index is 0.00659. The molecule has 18 heavy (non-hydrogen) atoms. The first kappa shape index (κ1) is 15.1. The van der Waals surface area contributed by atoms with E-state index in [1.807, 2.05) is 18.2 Å². The number of ether oxygens (including phenoxy) is 1. The van der Waals surface area contributed by atoms with Gasteiger partial charge in [-0.3, -0.25) is 0 Å². The van der Waals surface area contributed by atoms with Gasteiger partial charge in [-0.05, 0) is 12.0 Å². The van der Waals surface area contributed by atoms with Gasteiger partial charge in [0.05, 0.1) is 12.4 Å². The van der Waals surface area contributed by atoms with Crippen LogP contribution in [0, 0.1) is 0 Å². The van der Waals surface area contributed by atoms with E-state index in [1.165, 1.54) is 0 Å². The van der Waals surface area contributed by atoms with Crippen LogP contribution >= 0.6 is 0 Å². The number of benzene rings is 1. The van der Waals surface area contributed by atoms with Crippen LogP contribution in [0.25, 0.3) is 0 Å². The van der Waals surface area contributed by atoms with Crippen LogP contribution in [0.3, 0.4) is 0 Å². The molecule has 0 heterocycles.